The van der Waals surface area contributed by atoms with Crippen LogP contribution in [0, 0.1) is 0 Å². The molecule has 0 amide bonds. The molecule has 0 spiro atoms. The minimum Gasteiger partial charge on any atom is -0.181 e. The molecule has 44 valence electrons. The first-order chi connectivity index (χ1) is 3.72. The highest BCUT2D eigenvalue weighted by molar-refractivity contribution is 5.17. The molecular formula is C6H10N2. The van der Waals surface area contributed by atoms with Gasteiger partial charge in [-0.2, -0.15) is 10.2 Å². The third kappa shape index (κ3) is 0.661. The van der Waals surface area contributed by atoms with Crippen molar-refractivity contribution in [1.29, 1.82) is 0 Å². The number of azo groups is 1. The summed E-state index contributed by atoms with van der Waals surface area (Å²) in [6, 6.07) is 0.329. The molecule has 1 unspecified atom stereocenters. The van der Waals surface area contributed by atoms with Crippen molar-refractivity contribution in [2.75, 3.05) is 0 Å². The van der Waals surface area contributed by atoms with Gasteiger partial charge >= 0.3 is 0 Å². The van der Waals surface area contributed by atoms with Gasteiger partial charge in [0.1, 0.15) is 0 Å². The number of nitrogens with zero attached hydrogens (tertiary/aromatic N) is 2. The molecule has 2 heteroatoms. The molecule has 0 aliphatic carbocycles. The lowest BCUT2D eigenvalue weighted by Gasteiger charge is -1.94. The molecule has 0 saturated heterocycles. The van der Waals surface area contributed by atoms with Crippen LogP contribution in [0.5, 0.6) is 0 Å². The van der Waals surface area contributed by atoms with Crippen LogP contribution in [0.25, 0.3) is 0 Å². The molecule has 8 heavy (non-hydrogen) atoms. The van der Waals surface area contributed by atoms with Gasteiger partial charge in [-0.15, -0.1) is 0 Å². The van der Waals surface area contributed by atoms with Crippen LogP contribution in [0.4, 0.5) is 0 Å². The van der Waals surface area contributed by atoms with Crippen molar-refractivity contribution in [3.63, 3.8) is 0 Å². The van der Waals surface area contributed by atoms with E-state index in [1.54, 1.807) is 0 Å². The van der Waals surface area contributed by atoms with Gasteiger partial charge in [-0.05, 0) is 26.3 Å². The van der Waals surface area contributed by atoms with Crippen LogP contribution in [-0.4, -0.2) is 6.04 Å². The van der Waals surface area contributed by atoms with Crippen molar-refractivity contribution in [2.45, 2.75) is 26.8 Å². The maximum atomic E-state index is 3.95. The van der Waals surface area contributed by atoms with Gasteiger partial charge < -0.3 is 0 Å². The molecule has 1 heterocycles. The maximum Gasteiger partial charge on any atom is 0.0912 e. The van der Waals surface area contributed by atoms with E-state index in [0.29, 0.717) is 6.04 Å². The number of hydrogen-bond donors (Lipinski definition) is 0. The van der Waals surface area contributed by atoms with Crippen LogP contribution in [-0.2, 0) is 0 Å². The van der Waals surface area contributed by atoms with Gasteiger partial charge in [0, 0.05) is 0 Å². The normalized spacial score (nSPS) is 27.6. The second kappa shape index (κ2) is 1.69. The quantitative estimate of drug-likeness (QED) is 0.456. The van der Waals surface area contributed by atoms with Crippen LogP contribution in [0.3, 0.4) is 0 Å². The van der Waals surface area contributed by atoms with E-state index in [1.807, 2.05) is 6.92 Å². The molecule has 1 rings (SSSR count). The Morgan fingerprint density at radius 1 is 1.38 bits per heavy atom. The molecular weight excluding hydrogens is 100 g/mol. The predicted octanol–water partition coefficient (Wildman–Crippen LogP) is 2.13. The summed E-state index contributed by atoms with van der Waals surface area (Å²) in [6.45, 7) is 6.11. The number of hydrogen-bond acceptors (Lipinski definition) is 2. The van der Waals surface area contributed by atoms with Gasteiger partial charge in [-0.25, -0.2) is 0 Å². The molecule has 0 radical (unpaired) electrons. The van der Waals surface area contributed by atoms with Gasteiger partial charge in [0.25, 0.3) is 0 Å². The molecule has 0 saturated carbocycles. The Bertz CT molecular complexity index is 156. The second-order valence-corrected chi connectivity index (χ2v) is 2.16. The lowest BCUT2D eigenvalue weighted by atomic mass is 10.1. The van der Waals surface area contributed by atoms with Crippen molar-refractivity contribution in [1.82, 2.24) is 0 Å². The zero-order valence-corrected chi connectivity index (χ0v) is 5.47. The summed E-state index contributed by atoms with van der Waals surface area (Å²) in [6.07, 6.45) is 0. The fraction of sp³-hybridized carbons (Fsp3) is 0.667. The second-order valence-electron chi connectivity index (χ2n) is 2.16. The Balaban J connectivity index is 2.85. The number of allylic oxidation sites excluding steroid dienone is 1. The smallest absolute Gasteiger partial charge is 0.0912 e. The van der Waals surface area contributed by atoms with Gasteiger partial charge in [0.05, 0.1) is 11.7 Å². The van der Waals surface area contributed by atoms with Crippen molar-refractivity contribution >= 4 is 0 Å². The van der Waals surface area contributed by atoms with E-state index in [2.05, 4.69) is 24.1 Å². The van der Waals surface area contributed by atoms with Crippen LogP contribution in [0.2, 0.25) is 0 Å². The van der Waals surface area contributed by atoms with E-state index in [1.165, 1.54) is 5.57 Å². The van der Waals surface area contributed by atoms with E-state index in [4.69, 9.17) is 0 Å². The van der Waals surface area contributed by atoms with Gasteiger partial charge in [-0.1, -0.05) is 0 Å². The Labute approximate surface area is 49.3 Å². The molecule has 1 atom stereocenters. The third-order valence-corrected chi connectivity index (χ3v) is 1.58. The van der Waals surface area contributed by atoms with Crippen LogP contribution >= 0.6 is 0 Å². The zero-order valence-electron chi connectivity index (χ0n) is 5.47. The van der Waals surface area contributed by atoms with Crippen molar-refractivity contribution in [3.05, 3.63) is 11.3 Å². The highest BCUT2D eigenvalue weighted by Gasteiger charge is 2.10. The molecule has 0 aromatic heterocycles. The summed E-state index contributed by atoms with van der Waals surface area (Å²) >= 11 is 0. The van der Waals surface area contributed by atoms with E-state index in [9.17, 15) is 0 Å². The fourth-order valence-electron chi connectivity index (χ4n) is 0.641. The summed E-state index contributed by atoms with van der Waals surface area (Å²) in [4.78, 5) is 0. The first-order valence-corrected chi connectivity index (χ1v) is 2.80. The summed E-state index contributed by atoms with van der Waals surface area (Å²) in [5, 5.41) is 7.85. The van der Waals surface area contributed by atoms with Crippen LogP contribution in [0.1, 0.15) is 20.8 Å². The van der Waals surface area contributed by atoms with Gasteiger partial charge in [-0.3, -0.25) is 0 Å². The van der Waals surface area contributed by atoms with E-state index < -0.39 is 0 Å². The summed E-state index contributed by atoms with van der Waals surface area (Å²) in [5.74, 6) is 0. The maximum absolute atomic E-state index is 3.95. The van der Waals surface area contributed by atoms with Crippen molar-refractivity contribution in [2.24, 2.45) is 10.2 Å². The molecule has 1 aliphatic rings. The number of rotatable bonds is 0. The summed E-state index contributed by atoms with van der Waals surface area (Å²) in [7, 11) is 0. The highest BCUT2D eigenvalue weighted by atomic mass is 15.2. The largest absolute Gasteiger partial charge is 0.181 e. The Kier molecular flexibility index (Phi) is 1.16. The van der Waals surface area contributed by atoms with Crippen molar-refractivity contribution < 1.29 is 0 Å². The molecule has 0 fully saturated rings. The average molecular weight is 110 g/mol. The lowest BCUT2D eigenvalue weighted by Crippen LogP contribution is -1.93. The van der Waals surface area contributed by atoms with Gasteiger partial charge in [0.15, 0.2) is 0 Å². The van der Waals surface area contributed by atoms with E-state index in [0.717, 1.165) is 5.70 Å². The molecule has 0 bridgehead atoms. The molecule has 0 aromatic carbocycles. The fourth-order valence-corrected chi connectivity index (χ4v) is 0.641. The zero-order chi connectivity index (χ0) is 6.15. The predicted molar refractivity (Wildman–Crippen MR) is 32.7 cm³/mol. The van der Waals surface area contributed by atoms with Gasteiger partial charge in [0.2, 0.25) is 0 Å². The Morgan fingerprint density at radius 3 is 2.12 bits per heavy atom. The highest BCUT2D eigenvalue weighted by Crippen LogP contribution is 2.19. The topological polar surface area (TPSA) is 24.7 Å². The summed E-state index contributed by atoms with van der Waals surface area (Å²) < 4.78 is 0. The average Bonchev–Trinajstić information content (AvgIpc) is 1.98. The molecule has 2 nitrogen and oxygen atoms in total. The molecule has 1 aliphatic heterocycles. The lowest BCUT2D eigenvalue weighted by molar-refractivity contribution is 0.850. The van der Waals surface area contributed by atoms with Crippen LogP contribution in [0.15, 0.2) is 21.5 Å². The first-order valence-electron chi connectivity index (χ1n) is 2.80. The minimum absolute atomic E-state index is 0.329. The Morgan fingerprint density at radius 2 is 2.00 bits per heavy atom. The Hall–Kier alpha value is -0.660. The van der Waals surface area contributed by atoms with E-state index >= 15 is 0 Å². The minimum atomic E-state index is 0.329. The SMILES string of the molecule is CC1=C(C)C(C)N=N1. The van der Waals surface area contributed by atoms with Crippen LogP contribution < -0.4 is 0 Å². The first kappa shape index (κ1) is 5.48. The summed E-state index contributed by atoms with van der Waals surface area (Å²) in [5.41, 5.74) is 2.38. The van der Waals surface area contributed by atoms with E-state index in [-0.39, 0.29) is 0 Å². The monoisotopic (exact) mass is 110 g/mol. The van der Waals surface area contributed by atoms with Crippen molar-refractivity contribution in [3.8, 4) is 0 Å². The molecule has 0 N–H and O–H groups in total. The molecule has 0 aromatic rings. The standard InChI is InChI=1S/C6H10N2/c1-4-5(2)7-8-6(4)3/h5H,1-3H3. The third-order valence-electron chi connectivity index (χ3n) is 1.58.